The Hall–Kier alpha value is -2.51. The highest BCUT2D eigenvalue weighted by Crippen LogP contribution is 2.33. The lowest BCUT2D eigenvalue weighted by Crippen LogP contribution is -2.45. The first kappa shape index (κ1) is 21.3. The molecule has 164 valence electrons. The smallest absolute Gasteiger partial charge is 0.274 e. The largest absolute Gasteiger partial charge is 0.461 e. The SMILES string of the molecule is Cc1nc(C(=O)N2CCCCC2Cc2cc3cc(Br)ccc3o2)c(-c2ccc(F)cc2)s1. The van der Waals surface area contributed by atoms with Crippen molar-refractivity contribution in [1.82, 2.24) is 9.88 Å². The molecular weight excluding hydrogens is 491 g/mol. The number of piperidine rings is 1. The van der Waals surface area contributed by atoms with E-state index < -0.39 is 0 Å². The molecular formula is C25H22BrFN2O2S. The van der Waals surface area contributed by atoms with Gasteiger partial charge in [0.2, 0.25) is 0 Å². The number of carbonyl (C=O) groups excluding carboxylic acids is 1. The van der Waals surface area contributed by atoms with Gasteiger partial charge in [0.15, 0.2) is 0 Å². The fraction of sp³-hybridized carbons (Fsp3) is 0.280. The second-order valence-electron chi connectivity index (χ2n) is 8.16. The molecule has 5 rings (SSSR count). The van der Waals surface area contributed by atoms with Crippen LogP contribution >= 0.6 is 27.3 Å². The number of aromatic nitrogens is 1. The maximum absolute atomic E-state index is 13.7. The van der Waals surface area contributed by atoms with E-state index in [0.29, 0.717) is 18.7 Å². The lowest BCUT2D eigenvalue weighted by Gasteiger charge is -2.35. The normalized spacial score (nSPS) is 16.6. The Morgan fingerprint density at radius 1 is 1.22 bits per heavy atom. The summed E-state index contributed by atoms with van der Waals surface area (Å²) in [6.45, 7) is 2.60. The number of amides is 1. The Labute approximate surface area is 198 Å². The third-order valence-electron chi connectivity index (χ3n) is 5.90. The molecule has 1 atom stereocenters. The highest BCUT2D eigenvalue weighted by atomic mass is 79.9. The summed E-state index contributed by atoms with van der Waals surface area (Å²) >= 11 is 4.98. The Bertz CT molecular complexity index is 1280. The summed E-state index contributed by atoms with van der Waals surface area (Å²) in [6.07, 6.45) is 3.67. The van der Waals surface area contributed by atoms with Gasteiger partial charge in [0.05, 0.1) is 9.88 Å². The minimum atomic E-state index is -0.295. The molecule has 32 heavy (non-hydrogen) atoms. The van der Waals surface area contributed by atoms with Crippen molar-refractivity contribution in [3.05, 3.63) is 75.3 Å². The summed E-state index contributed by atoms with van der Waals surface area (Å²) in [4.78, 5) is 21.0. The average molecular weight is 513 g/mol. The van der Waals surface area contributed by atoms with E-state index in [1.165, 1.54) is 23.5 Å². The first-order valence-electron chi connectivity index (χ1n) is 10.7. The Kier molecular flexibility index (Phi) is 5.86. The molecule has 2 aromatic carbocycles. The third-order valence-corrected chi connectivity index (χ3v) is 7.41. The number of carbonyl (C=O) groups is 1. The van der Waals surface area contributed by atoms with Crippen molar-refractivity contribution >= 4 is 44.1 Å². The first-order chi connectivity index (χ1) is 15.5. The molecule has 1 saturated heterocycles. The molecule has 0 aliphatic carbocycles. The van der Waals surface area contributed by atoms with Gasteiger partial charge in [0.1, 0.15) is 22.9 Å². The van der Waals surface area contributed by atoms with Gasteiger partial charge in [-0.3, -0.25) is 4.79 Å². The monoisotopic (exact) mass is 512 g/mol. The molecule has 4 aromatic rings. The maximum atomic E-state index is 13.7. The number of likely N-dealkylation sites (tertiary alicyclic amines) is 1. The lowest BCUT2D eigenvalue weighted by atomic mass is 9.97. The second-order valence-corrected chi connectivity index (χ2v) is 10.3. The van der Waals surface area contributed by atoms with Gasteiger partial charge in [-0.05, 0) is 68.1 Å². The number of thiazole rings is 1. The van der Waals surface area contributed by atoms with Gasteiger partial charge in [0.25, 0.3) is 5.91 Å². The predicted molar refractivity (Wildman–Crippen MR) is 129 cm³/mol. The van der Waals surface area contributed by atoms with Crippen molar-refractivity contribution < 1.29 is 13.6 Å². The van der Waals surface area contributed by atoms with Crippen LogP contribution < -0.4 is 0 Å². The number of benzene rings is 2. The van der Waals surface area contributed by atoms with Crippen molar-refractivity contribution in [2.75, 3.05) is 6.54 Å². The van der Waals surface area contributed by atoms with Crippen molar-refractivity contribution in [2.45, 2.75) is 38.6 Å². The number of halogens is 2. The van der Waals surface area contributed by atoms with E-state index in [0.717, 1.165) is 55.9 Å². The van der Waals surface area contributed by atoms with Crippen molar-refractivity contribution in [1.29, 1.82) is 0 Å². The molecule has 0 saturated carbocycles. The number of fused-ring (bicyclic) bond motifs is 1. The molecule has 0 N–H and O–H groups in total. The van der Waals surface area contributed by atoms with Gasteiger partial charge in [-0.1, -0.05) is 28.1 Å². The van der Waals surface area contributed by atoms with Crippen LogP contribution in [-0.2, 0) is 6.42 Å². The standard InChI is InChI=1S/C25H22BrFN2O2S/c1-15-28-23(24(32-15)16-5-8-19(27)9-6-16)25(30)29-11-3-2-4-20(29)14-21-13-17-12-18(26)7-10-22(17)31-21/h5-10,12-13,20H,2-4,11,14H2,1H3. The molecule has 0 bridgehead atoms. The molecule has 1 aliphatic rings. The summed E-state index contributed by atoms with van der Waals surface area (Å²) in [7, 11) is 0. The zero-order valence-electron chi connectivity index (χ0n) is 17.6. The molecule has 4 nitrogen and oxygen atoms in total. The number of hydrogen-bond donors (Lipinski definition) is 0. The van der Waals surface area contributed by atoms with Gasteiger partial charge < -0.3 is 9.32 Å². The number of aryl methyl sites for hydroxylation is 1. The predicted octanol–water partition coefficient (Wildman–Crippen LogP) is 7.00. The quantitative estimate of drug-likeness (QED) is 0.295. The number of nitrogens with zero attached hydrogens (tertiary/aromatic N) is 2. The van der Waals surface area contributed by atoms with E-state index in [9.17, 15) is 9.18 Å². The number of furan rings is 1. The average Bonchev–Trinajstić information content (AvgIpc) is 3.36. The molecule has 1 unspecified atom stereocenters. The van der Waals surface area contributed by atoms with Crippen molar-refractivity contribution in [3.63, 3.8) is 0 Å². The molecule has 1 fully saturated rings. The lowest BCUT2D eigenvalue weighted by molar-refractivity contribution is 0.0603. The van der Waals surface area contributed by atoms with E-state index in [-0.39, 0.29) is 17.8 Å². The number of hydrogen-bond acceptors (Lipinski definition) is 4. The Morgan fingerprint density at radius 2 is 2.03 bits per heavy atom. The van der Waals surface area contributed by atoms with E-state index in [1.54, 1.807) is 12.1 Å². The fourth-order valence-corrected chi connectivity index (χ4v) is 5.68. The highest BCUT2D eigenvalue weighted by molar-refractivity contribution is 9.10. The zero-order chi connectivity index (χ0) is 22.2. The first-order valence-corrected chi connectivity index (χ1v) is 12.3. The summed E-state index contributed by atoms with van der Waals surface area (Å²) < 4.78 is 20.5. The van der Waals surface area contributed by atoms with E-state index in [2.05, 4.69) is 27.0 Å². The van der Waals surface area contributed by atoms with E-state index >= 15 is 0 Å². The summed E-state index contributed by atoms with van der Waals surface area (Å²) in [5.41, 5.74) is 2.13. The van der Waals surface area contributed by atoms with Crippen LogP contribution in [0.15, 0.2) is 57.4 Å². The molecule has 1 amide bonds. The van der Waals surface area contributed by atoms with Crippen LogP contribution in [0.5, 0.6) is 0 Å². The van der Waals surface area contributed by atoms with Crippen molar-refractivity contribution in [2.24, 2.45) is 0 Å². The molecule has 2 aromatic heterocycles. The molecule has 7 heteroatoms. The van der Waals surface area contributed by atoms with Crippen LogP contribution in [0, 0.1) is 12.7 Å². The van der Waals surface area contributed by atoms with Crippen LogP contribution in [0.25, 0.3) is 21.4 Å². The summed E-state index contributed by atoms with van der Waals surface area (Å²) in [5.74, 6) is 0.532. The van der Waals surface area contributed by atoms with Gasteiger partial charge in [-0.15, -0.1) is 11.3 Å². The molecule has 0 radical (unpaired) electrons. The maximum Gasteiger partial charge on any atom is 0.274 e. The second kappa shape index (κ2) is 8.79. The van der Waals surface area contributed by atoms with E-state index in [4.69, 9.17) is 4.42 Å². The Balaban J connectivity index is 1.43. The van der Waals surface area contributed by atoms with Gasteiger partial charge >= 0.3 is 0 Å². The molecule has 1 aliphatic heterocycles. The Morgan fingerprint density at radius 3 is 2.84 bits per heavy atom. The highest BCUT2D eigenvalue weighted by Gasteiger charge is 2.31. The van der Waals surface area contributed by atoms with Crippen LogP contribution in [0.4, 0.5) is 4.39 Å². The van der Waals surface area contributed by atoms with Crippen LogP contribution in [0.1, 0.15) is 40.5 Å². The summed E-state index contributed by atoms with van der Waals surface area (Å²) in [6, 6.07) is 14.3. The van der Waals surface area contributed by atoms with Crippen LogP contribution in [0.3, 0.4) is 0 Å². The summed E-state index contributed by atoms with van der Waals surface area (Å²) in [5, 5.41) is 1.88. The fourth-order valence-electron chi connectivity index (χ4n) is 4.39. The van der Waals surface area contributed by atoms with Crippen molar-refractivity contribution in [3.8, 4) is 10.4 Å². The van der Waals surface area contributed by atoms with Gasteiger partial charge in [-0.2, -0.15) is 0 Å². The van der Waals surface area contributed by atoms with E-state index in [1.807, 2.05) is 30.0 Å². The zero-order valence-corrected chi connectivity index (χ0v) is 20.0. The molecule has 0 spiro atoms. The molecule has 3 heterocycles. The third kappa shape index (κ3) is 4.24. The van der Waals surface area contributed by atoms with Gasteiger partial charge in [0, 0.05) is 28.9 Å². The minimum Gasteiger partial charge on any atom is -0.461 e. The van der Waals surface area contributed by atoms with Gasteiger partial charge in [-0.25, -0.2) is 9.37 Å². The minimum absolute atomic E-state index is 0.0581. The van der Waals surface area contributed by atoms with Crippen LogP contribution in [-0.4, -0.2) is 28.4 Å². The number of rotatable bonds is 4. The van der Waals surface area contributed by atoms with Crippen LogP contribution in [0.2, 0.25) is 0 Å². The topological polar surface area (TPSA) is 46.3 Å².